The second kappa shape index (κ2) is 12.6. The molecule has 37 heavy (non-hydrogen) atoms. The average Bonchev–Trinajstić information content (AvgIpc) is 2.91. The van der Waals surface area contributed by atoms with Crippen LogP contribution in [0.25, 0.3) is 0 Å². The predicted octanol–water partition coefficient (Wildman–Crippen LogP) is 3.91. The van der Waals surface area contributed by atoms with Gasteiger partial charge in [-0.2, -0.15) is 0 Å². The fraction of sp³-hybridized carbons (Fsp3) is 0.500. The third-order valence-electron chi connectivity index (χ3n) is 6.36. The second-order valence-corrected chi connectivity index (χ2v) is 10.3. The van der Waals surface area contributed by atoms with Gasteiger partial charge in [0.25, 0.3) is 5.91 Å². The van der Waals surface area contributed by atoms with Crippen LogP contribution in [0, 0.1) is 5.92 Å². The molecule has 0 aliphatic carbocycles. The van der Waals surface area contributed by atoms with Crippen molar-refractivity contribution in [2.75, 3.05) is 59.2 Å². The van der Waals surface area contributed by atoms with E-state index in [4.69, 9.17) is 30.5 Å². The molecule has 2 fully saturated rings. The number of rotatable bonds is 9. The molecule has 1 atom stereocenters. The van der Waals surface area contributed by atoms with Gasteiger partial charge in [-0.1, -0.05) is 31.5 Å². The second-order valence-electron chi connectivity index (χ2n) is 9.90. The van der Waals surface area contributed by atoms with Crippen LogP contribution in [0.15, 0.2) is 48.5 Å². The average molecular weight is 531 g/mol. The Morgan fingerprint density at radius 1 is 0.973 bits per heavy atom. The zero-order chi connectivity index (χ0) is 26.3. The Morgan fingerprint density at radius 2 is 1.70 bits per heavy atom. The Labute approximate surface area is 223 Å². The van der Waals surface area contributed by atoms with Crippen LogP contribution in [0.3, 0.4) is 0 Å². The normalized spacial score (nSPS) is 20.1. The maximum atomic E-state index is 13.4. The first kappa shape index (κ1) is 27.2. The molecule has 200 valence electrons. The standard InChI is InChI=1S/C28H35ClN2O6/c1-21(2)18-35-24-8-6-22(7-9-24)27(33)31-12-15-37-28(19-31,17-26(32)30-10-13-34-14-11-30)20-36-25-5-3-4-23(29)16-25/h3-9,16,21H,10-15,17-20H2,1-2H3. The smallest absolute Gasteiger partial charge is 0.254 e. The monoisotopic (exact) mass is 530 g/mol. The van der Waals surface area contributed by atoms with E-state index in [-0.39, 0.29) is 31.4 Å². The van der Waals surface area contributed by atoms with Crippen LogP contribution in [0.5, 0.6) is 11.5 Å². The largest absolute Gasteiger partial charge is 0.493 e. The number of carbonyl (C=O) groups is 2. The highest BCUT2D eigenvalue weighted by Crippen LogP contribution is 2.28. The Balaban J connectivity index is 1.48. The Morgan fingerprint density at radius 3 is 2.41 bits per heavy atom. The van der Waals surface area contributed by atoms with E-state index in [9.17, 15) is 9.59 Å². The van der Waals surface area contributed by atoms with E-state index < -0.39 is 5.60 Å². The van der Waals surface area contributed by atoms with Gasteiger partial charge in [-0.3, -0.25) is 9.59 Å². The lowest BCUT2D eigenvalue weighted by atomic mass is 9.96. The topological polar surface area (TPSA) is 77.5 Å². The van der Waals surface area contributed by atoms with Crippen LogP contribution < -0.4 is 9.47 Å². The van der Waals surface area contributed by atoms with Gasteiger partial charge in [-0.15, -0.1) is 0 Å². The van der Waals surface area contributed by atoms with Gasteiger partial charge in [-0.25, -0.2) is 0 Å². The van der Waals surface area contributed by atoms with Crippen molar-refractivity contribution in [2.24, 2.45) is 5.92 Å². The summed E-state index contributed by atoms with van der Waals surface area (Å²) in [6.07, 6.45) is 0.0966. The molecule has 2 aromatic rings. The fourth-order valence-electron chi connectivity index (χ4n) is 4.37. The highest BCUT2D eigenvalue weighted by Gasteiger charge is 2.42. The molecule has 1 unspecified atom stereocenters. The summed E-state index contributed by atoms with van der Waals surface area (Å²) in [6, 6.07) is 14.3. The quantitative estimate of drug-likeness (QED) is 0.489. The van der Waals surface area contributed by atoms with Crippen molar-refractivity contribution in [1.82, 2.24) is 9.80 Å². The van der Waals surface area contributed by atoms with Crippen molar-refractivity contribution in [3.8, 4) is 11.5 Å². The van der Waals surface area contributed by atoms with E-state index in [1.807, 2.05) is 12.1 Å². The maximum Gasteiger partial charge on any atom is 0.254 e. The summed E-state index contributed by atoms with van der Waals surface area (Å²) in [5.74, 6) is 1.56. The summed E-state index contributed by atoms with van der Waals surface area (Å²) in [5, 5.41) is 0.554. The molecule has 0 radical (unpaired) electrons. The van der Waals surface area contributed by atoms with Crippen molar-refractivity contribution in [3.05, 3.63) is 59.1 Å². The molecule has 2 amide bonds. The summed E-state index contributed by atoms with van der Waals surface area (Å²) in [5.41, 5.74) is -0.436. The van der Waals surface area contributed by atoms with Gasteiger partial charge in [0.05, 0.1) is 39.4 Å². The number of morpholine rings is 2. The number of ether oxygens (including phenoxy) is 4. The minimum Gasteiger partial charge on any atom is -0.493 e. The predicted molar refractivity (Wildman–Crippen MR) is 140 cm³/mol. The van der Waals surface area contributed by atoms with Gasteiger partial charge in [0, 0.05) is 30.2 Å². The van der Waals surface area contributed by atoms with E-state index in [2.05, 4.69) is 13.8 Å². The lowest BCUT2D eigenvalue weighted by Gasteiger charge is -2.43. The molecule has 4 rings (SSSR count). The van der Waals surface area contributed by atoms with Crippen molar-refractivity contribution < 1.29 is 28.5 Å². The number of hydrogen-bond acceptors (Lipinski definition) is 6. The van der Waals surface area contributed by atoms with Gasteiger partial charge in [-0.05, 0) is 48.4 Å². The summed E-state index contributed by atoms with van der Waals surface area (Å²) >= 11 is 6.12. The van der Waals surface area contributed by atoms with Crippen LogP contribution in [-0.4, -0.2) is 86.4 Å². The van der Waals surface area contributed by atoms with Gasteiger partial charge in [0.15, 0.2) is 0 Å². The van der Waals surface area contributed by atoms with Crippen molar-refractivity contribution in [2.45, 2.75) is 25.9 Å². The van der Waals surface area contributed by atoms with Gasteiger partial charge in [0.1, 0.15) is 23.7 Å². The molecule has 8 nitrogen and oxygen atoms in total. The Bertz CT molecular complexity index is 1060. The number of benzene rings is 2. The van der Waals surface area contributed by atoms with Gasteiger partial charge < -0.3 is 28.7 Å². The molecule has 9 heteroatoms. The Kier molecular flexibility index (Phi) is 9.29. The zero-order valence-corrected chi connectivity index (χ0v) is 22.2. The first-order chi connectivity index (χ1) is 17.8. The molecule has 0 saturated carbocycles. The van der Waals surface area contributed by atoms with Gasteiger partial charge in [0.2, 0.25) is 5.91 Å². The zero-order valence-electron chi connectivity index (χ0n) is 21.5. The van der Waals surface area contributed by atoms with E-state index in [1.165, 1.54) is 0 Å². The summed E-state index contributed by atoms with van der Waals surface area (Å²) in [6.45, 7) is 7.96. The highest BCUT2D eigenvalue weighted by molar-refractivity contribution is 6.30. The molecule has 0 N–H and O–H groups in total. The Hall–Kier alpha value is -2.81. The van der Waals surface area contributed by atoms with Crippen LogP contribution in [0.2, 0.25) is 5.02 Å². The molecule has 0 spiro atoms. The van der Waals surface area contributed by atoms with Crippen molar-refractivity contribution >= 4 is 23.4 Å². The molecular weight excluding hydrogens is 496 g/mol. The molecular formula is C28H35ClN2O6. The molecule has 2 aromatic carbocycles. The van der Waals surface area contributed by atoms with Crippen LogP contribution in [0.4, 0.5) is 0 Å². The molecule has 0 bridgehead atoms. The van der Waals surface area contributed by atoms with Crippen molar-refractivity contribution in [1.29, 1.82) is 0 Å². The number of halogens is 1. The lowest BCUT2D eigenvalue weighted by molar-refractivity contribution is -0.155. The third-order valence-corrected chi connectivity index (χ3v) is 6.59. The number of amides is 2. The summed E-state index contributed by atoms with van der Waals surface area (Å²) < 4.78 is 23.4. The number of hydrogen-bond donors (Lipinski definition) is 0. The van der Waals surface area contributed by atoms with Crippen LogP contribution in [-0.2, 0) is 14.3 Å². The molecule has 2 saturated heterocycles. The number of carbonyl (C=O) groups excluding carboxylic acids is 2. The summed E-state index contributed by atoms with van der Waals surface area (Å²) in [4.78, 5) is 30.2. The minimum atomic E-state index is -0.994. The highest BCUT2D eigenvalue weighted by atomic mass is 35.5. The first-order valence-electron chi connectivity index (χ1n) is 12.7. The van der Waals surface area contributed by atoms with E-state index in [0.29, 0.717) is 68.3 Å². The van der Waals surface area contributed by atoms with E-state index in [1.54, 1.807) is 46.2 Å². The SMILES string of the molecule is CC(C)COc1ccc(C(=O)N2CCOC(COc3cccc(Cl)c3)(CC(=O)N3CCOCC3)C2)cc1. The van der Waals surface area contributed by atoms with Crippen LogP contribution in [0.1, 0.15) is 30.6 Å². The fourth-order valence-corrected chi connectivity index (χ4v) is 4.55. The molecule has 2 aliphatic rings. The maximum absolute atomic E-state index is 13.4. The van der Waals surface area contributed by atoms with Gasteiger partial charge >= 0.3 is 0 Å². The number of nitrogens with zero attached hydrogens (tertiary/aromatic N) is 2. The van der Waals surface area contributed by atoms with Crippen molar-refractivity contribution in [3.63, 3.8) is 0 Å². The first-order valence-corrected chi connectivity index (χ1v) is 13.1. The van der Waals surface area contributed by atoms with Crippen LogP contribution >= 0.6 is 11.6 Å². The third kappa shape index (κ3) is 7.60. The molecule has 2 heterocycles. The summed E-state index contributed by atoms with van der Waals surface area (Å²) in [7, 11) is 0. The molecule has 2 aliphatic heterocycles. The minimum absolute atomic E-state index is 0.0426. The van der Waals surface area contributed by atoms with E-state index >= 15 is 0 Å². The molecule has 0 aromatic heterocycles. The lowest BCUT2D eigenvalue weighted by Crippen LogP contribution is -2.58. The van der Waals surface area contributed by atoms with E-state index in [0.717, 1.165) is 5.75 Å².